The number of ether oxygens (including phenoxy) is 5. The molecule has 0 aliphatic heterocycles. The Hall–Kier alpha value is -4.33. The molecule has 2 aromatic carbocycles. The standard InChI is InChI=1S/C34H42O8/c1-10-12-24-20-25(29(38-9)27(13-11-2)30(24)40-22-42-32(37)34(6,7)8)16-19-28(35)23-14-17-26(18-15-23)39-21-41-31(36)33(3,4)5/h10-11,14-20H,1-2,12-13,21-22H2,3-9H3/b19-16+. The zero-order valence-electron chi connectivity index (χ0n) is 25.7. The number of methoxy groups -OCH3 is 1. The molecule has 0 radical (unpaired) electrons. The summed E-state index contributed by atoms with van der Waals surface area (Å²) in [5.74, 6) is 0.508. The van der Waals surface area contributed by atoms with Crippen molar-refractivity contribution >= 4 is 23.8 Å². The van der Waals surface area contributed by atoms with Crippen molar-refractivity contribution < 1.29 is 38.1 Å². The number of carbonyl (C=O) groups is 3. The fourth-order valence-electron chi connectivity index (χ4n) is 3.67. The molecule has 42 heavy (non-hydrogen) atoms. The number of hydrogen-bond donors (Lipinski definition) is 0. The molecule has 0 amide bonds. The minimum atomic E-state index is -0.662. The number of ketones is 1. The van der Waals surface area contributed by atoms with Crippen LogP contribution >= 0.6 is 0 Å². The van der Waals surface area contributed by atoms with Crippen LogP contribution in [-0.2, 0) is 31.9 Å². The Kier molecular flexibility index (Phi) is 12.1. The molecule has 0 aliphatic carbocycles. The summed E-state index contributed by atoms with van der Waals surface area (Å²) in [5.41, 5.74) is 1.32. The molecular formula is C34H42O8. The molecule has 0 atom stereocenters. The third kappa shape index (κ3) is 9.65. The lowest BCUT2D eigenvalue weighted by Crippen LogP contribution is -2.25. The van der Waals surface area contributed by atoms with E-state index >= 15 is 0 Å². The van der Waals surface area contributed by atoms with Gasteiger partial charge in [0.1, 0.15) is 17.2 Å². The van der Waals surface area contributed by atoms with Gasteiger partial charge in [0, 0.05) is 16.7 Å². The van der Waals surface area contributed by atoms with E-state index in [0.29, 0.717) is 46.8 Å². The van der Waals surface area contributed by atoms with Crippen LogP contribution in [0.5, 0.6) is 17.2 Å². The van der Waals surface area contributed by atoms with E-state index in [1.54, 1.807) is 84.0 Å². The highest BCUT2D eigenvalue weighted by atomic mass is 16.7. The summed E-state index contributed by atoms with van der Waals surface area (Å²) in [5, 5.41) is 0. The zero-order valence-corrected chi connectivity index (χ0v) is 25.7. The van der Waals surface area contributed by atoms with E-state index in [-0.39, 0.29) is 31.3 Å². The van der Waals surface area contributed by atoms with Crippen LogP contribution in [0.1, 0.15) is 68.6 Å². The summed E-state index contributed by atoms with van der Waals surface area (Å²) in [6.45, 7) is 17.8. The van der Waals surface area contributed by atoms with Crippen molar-refractivity contribution in [2.75, 3.05) is 20.7 Å². The number of hydrogen-bond acceptors (Lipinski definition) is 8. The topological polar surface area (TPSA) is 97.4 Å². The average molecular weight is 579 g/mol. The molecular weight excluding hydrogens is 536 g/mol. The van der Waals surface area contributed by atoms with Crippen molar-refractivity contribution in [2.45, 2.75) is 54.4 Å². The number of rotatable bonds is 14. The molecule has 0 bridgehead atoms. The van der Waals surface area contributed by atoms with Gasteiger partial charge in [-0.15, -0.1) is 13.2 Å². The first-order valence-corrected chi connectivity index (χ1v) is 13.6. The lowest BCUT2D eigenvalue weighted by atomic mass is 9.97. The minimum absolute atomic E-state index is 0.220. The van der Waals surface area contributed by atoms with Gasteiger partial charge >= 0.3 is 11.9 Å². The number of allylic oxidation sites excluding steroid dienone is 3. The second kappa shape index (κ2) is 15.1. The Morgan fingerprint density at radius 1 is 0.786 bits per heavy atom. The molecule has 8 heteroatoms. The van der Waals surface area contributed by atoms with Gasteiger partial charge in [-0.3, -0.25) is 14.4 Å². The van der Waals surface area contributed by atoms with Crippen LogP contribution in [0.4, 0.5) is 0 Å². The zero-order chi connectivity index (χ0) is 31.5. The molecule has 0 N–H and O–H groups in total. The highest BCUT2D eigenvalue weighted by molar-refractivity contribution is 6.07. The second-order valence-corrected chi connectivity index (χ2v) is 11.6. The third-order valence-corrected chi connectivity index (χ3v) is 5.94. The van der Waals surface area contributed by atoms with Crippen LogP contribution < -0.4 is 14.2 Å². The van der Waals surface area contributed by atoms with Crippen molar-refractivity contribution in [2.24, 2.45) is 10.8 Å². The van der Waals surface area contributed by atoms with Crippen molar-refractivity contribution in [3.05, 3.63) is 84.0 Å². The molecule has 0 aromatic heterocycles. The van der Waals surface area contributed by atoms with Gasteiger partial charge in [0.05, 0.1) is 17.9 Å². The molecule has 0 saturated carbocycles. The van der Waals surface area contributed by atoms with Crippen LogP contribution in [0.25, 0.3) is 6.08 Å². The van der Waals surface area contributed by atoms with Gasteiger partial charge < -0.3 is 23.7 Å². The Balaban J connectivity index is 2.26. The maximum atomic E-state index is 13.0. The normalized spacial score (nSPS) is 11.5. The van der Waals surface area contributed by atoms with Crippen molar-refractivity contribution in [3.63, 3.8) is 0 Å². The third-order valence-electron chi connectivity index (χ3n) is 5.94. The van der Waals surface area contributed by atoms with Gasteiger partial charge in [-0.1, -0.05) is 12.2 Å². The Bertz CT molecular complexity index is 1310. The van der Waals surface area contributed by atoms with Gasteiger partial charge in [0.2, 0.25) is 13.6 Å². The van der Waals surface area contributed by atoms with E-state index in [9.17, 15) is 14.4 Å². The predicted octanol–water partition coefficient (Wildman–Crippen LogP) is 6.90. The van der Waals surface area contributed by atoms with Crippen molar-refractivity contribution in [1.29, 1.82) is 0 Å². The molecule has 0 aliphatic rings. The molecule has 0 saturated heterocycles. The summed E-state index contributed by atoms with van der Waals surface area (Å²) >= 11 is 0. The average Bonchev–Trinajstić information content (AvgIpc) is 2.92. The van der Waals surface area contributed by atoms with Gasteiger partial charge in [-0.05, 0) is 102 Å². The fourth-order valence-corrected chi connectivity index (χ4v) is 3.67. The largest absolute Gasteiger partial charge is 0.496 e. The van der Waals surface area contributed by atoms with Crippen LogP contribution in [0.2, 0.25) is 0 Å². The SMILES string of the molecule is C=CCc1cc(/C=C/C(=O)c2ccc(OCOC(=O)C(C)(C)C)cc2)c(OC)c(CC=C)c1OCOC(=O)C(C)(C)C. The summed E-state index contributed by atoms with van der Waals surface area (Å²) < 4.78 is 27.6. The monoisotopic (exact) mass is 578 g/mol. The Labute approximate surface area is 249 Å². The summed E-state index contributed by atoms with van der Waals surface area (Å²) in [6.07, 6.45) is 7.48. The molecule has 0 unspecified atom stereocenters. The maximum Gasteiger partial charge on any atom is 0.314 e. The van der Waals surface area contributed by atoms with E-state index in [1.165, 1.54) is 13.2 Å². The quantitative estimate of drug-likeness (QED) is 0.0785. The molecule has 0 fully saturated rings. The highest BCUT2D eigenvalue weighted by Crippen LogP contribution is 2.38. The lowest BCUT2D eigenvalue weighted by Gasteiger charge is -2.21. The van der Waals surface area contributed by atoms with E-state index in [0.717, 1.165) is 5.56 Å². The smallest absolute Gasteiger partial charge is 0.314 e. The molecule has 8 nitrogen and oxygen atoms in total. The van der Waals surface area contributed by atoms with E-state index < -0.39 is 10.8 Å². The van der Waals surface area contributed by atoms with Gasteiger partial charge in [-0.2, -0.15) is 0 Å². The van der Waals surface area contributed by atoms with E-state index in [4.69, 9.17) is 23.7 Å². The Morgan fingerprint density at radius 2 is 1.33 bits per heavy atom. The predicted molar refractivity (Wildman–Crippen MR) is 163 cm³/mol. The van der Waals surface area contributed by atoms with Crippen LogP contribution in [0.15, 0.2) is 61.7 Å². The molecule has 2 aromatic rings. The van der Waals surface area contributed by atoms with Crippen LogP contribution in [-0.4, -0.2) is 38.4 Å². The van der Waals surface area contributed by atoms with Crippen molar-refractivity contribution in [3.8, 4) is 17.2 Å². The summed E-state index contributed by atoms with van der Waals surface area (Å²) in [6, 6.07) is 8.39. The van der Waals surface area contributed by atoms with E-state index in [2.05, 4.69) is 13.2 Å². The fraction of sp³-hybridized carbons (Fsp3) is 0.382. The molecule has 0 heterocycles. The van der Waals surface area contributed by atoms with Gasteiger partial charge in [0.15, 0.2) is 5.78 Å². The van der Waals surface area contributed by atoms with E-state index in [1.807, 2.05) is 6.07 Å². The minimum Gasteiger partial charge on any atom is -0.496 e. The summed E-state index contributed by atoms with van der Waals surface area (Å²) in [4.78, 5) is 37.1. The lowest BCUT2D eigenvalue weighted by molar-refractivity contribution is -0.160. The number of esters is 2. The molecule has 2 rings (SSSR count). The first-order valence-electron chi connectivity index (χ1n) is 13.6. The van der Waals surface area contributed by atoms with Gasteiger partial charge in [0.25, 0.3) is 0 Å². The maximum absolute atomic E-state index is 13.0. The molecule has 226 valence electrons. The first-order chi connectivity index (χ1) is 19.7. The Morgan fingerprint density at radius 3 is 1.83 bits per heavy atom. The summed E-state index contributed by atoms with van der Waals surface area (Å²) in [7, 11) is 1.54. The highest BCUT2D eigenvalue weighted by Gasteiger charge is 2.25. The number of benzene rings is 2. The number of carbonyl (C=O) groups excluding carboxylic acids is 3. The first kappa shape index (κ1) is 33.9. The van der Waals surface area contributed by atoms with Crippen LogP contribution in [0.3, 0.4) is 0 Å². The second-order valence-electron chi connectivity index (χ2n) is 11.6. The van der Waals surface area contributed by atoms with Gasteiger partial charge in [-0.25, -0.2) is 0 Å². The van der Waals surface area contributed by atoms with Crippen LogP contribution in [0, 0.1) is 10.8 Å². The van der Waals surface area contributed by atoms with Crippen molar-refractivity contribution in [1.82, 2.24) is 0 Å². The molecule has 0 spiro atoms.